The zero-order chi connectivity index (χ0) is 18.3. The van der Waals surface area contributed by atoms with Gasteiger partial charge in [0.2, 0.25) is 5.78 Å². The second kappa shape index (κ2) is 6.89. The molecule has 3 heterocycles. The minimum absolute atomic E-state index is 0.0321. The van der Waals surface area contributed by atoms with Crippen molar-refractivity contribution < 1.29 is 19.5 Å². The maximum atomic E-state index is 12.8. The second-order valence-electron chi connectivity index (χ2n) is 7.31. The Morgan fingerprint density at radius 2 is 2.19 bits per heavy atom. The van der Waals surface area contributed by atoms with Crippen molar-refractivity contribution >= 4 is 23.2 Å². The Balaban J connectivity index is 1.67. The molecule has 2 aliphatic rings. The van der Waals surface area contributed by atoms with Crippen LogP contribution >= 0.6 is 11.3 Å². The lowest BCUT2D eigenvalue weighted by molar-refractivity contribution is -0.942. The molecule has 2 atom stereocenters. The number of rotatable bonds is 3. The van der Waals surface area contributed by atoms with Gasteiger partial charge >= 0.3 is 0 Å². The molecule has 0 radical (unpaired) electrons. The molecule has 1 saturated heterocycles. The Morgan fingerprint density at radius 1 is 1.35 bits per heavy atom. The fraction of sp³-hybridized carbons (Fsp3) is 0.381. The summed E-state index contributed by atoms with van der Waals surface area (Å²) in [7, 11) is 0. The van der Waals surface area contributed by atoms with Crippen LogP contribution in [0.4, 0.5) is 0 Å². The maximum absolute atomic E-state index is 12.8. The van der Waals surface area contributed by atoms with E-state index in [1.807, 2.05) is 18.4 Å². The number of ketones is 1. The molecule has 0 spiro atoms. The molecule has 1 aromatic carbocycles. The number of quaternary nitrogens is 1. The highest BCUT2D eigenvalue weighted by Gasteiger charge is 2.32. The number of ether oxygens (including phenoxy) is 1. The maximum Gasteiger partial charge on any atom is 0.232 e. The Morgan fingerprint density at radius 3 is 2.92 bits per heavy atom. The van der Waals surface area contributed by atoms with Gasteiger partial charge in [-0.15, -0.1) is 11.3 Å². The lowest BCUT2D eigenvalue weighted by Crippen LogP contribution is -3.14. The van der Waals surface area contributed by atoms with Gasteiger partial charge in [-0.25, -0.2) is 0 Å². The highest BCUT2D eigenvalue weighted by Crippen LogP contribution is 2.38. The number of likely N-dealkylation sites (tertiary alicyclic amines) is 1. The predicted octanol–water partition coefficient (Wildman–Crippen LogP) is 2.70. The fourth-order valence-corrected chi connectivity index (χ4v) is 4.70. The topological polar surface area (TPSA) is 53.8 Å². The van der Waals surface area contributed by atoms with E-state index >= 15 is 0 Å². The first-order chi connectivity index (χ1) is 12.5. The van der Waals surface area contributed by atoms with Crippen LogP contribution < -0.4 is 14.7 Å². The third-order valence-corrected chi connectivity index (χ3v) is 6.51. The first-order valence-corrected chi connectivity index (χ1v) is 10.1. The first kappa shape index (κ1) is 17.3. The summed E-state index contributed by atoms with van der Waals surface area (Å²) in [6, 6.07) is 5.68. The van der Waals surface area contributed by atoms with Gasteiger partial charge in [0, 0.05) is 16.5 Å². The van der Waals surface area contributed by atoms with Crippen molar-refractivity contribution in [3.8, 4) is 11.5 Å². The van der Waals surface area contributed by atoms with Gasteiger partial charge in [-0.05, 0) is 56.2 Å². The van der Waals surface area contributed by atoms with Crippen LogP contribution in [0.3, 0.4) is 0 Å². The quantitative estimate of drug-likeness (QED) is 0.847. The number of Topliss-reactive ketones (excluding diaryl/α,β-unsaturated/α-hetero) is 1. The molecule has 136 valence electrons. The van der Waals surface area contributed by atoms with Crippen molar-refractivity contribution in [1.82, 2.24) is 0 Å². The monoisotopic (exact) mass is 369 g/mol. The van der Waals surface area contributed by atoms with Crippen LogP contribution in [0, 0.1) is 6.92 Å². The van der Waals surface area contributed by atoms with Gasteiger partial charge in [-0.2, -0.15) is 0 Å². The average molecular weight is 369 g/mol. The van der Waals surface area contributed by atoms with Crippen molar-refractivity contribution in [1.29, 1.82) is 0 Å². The third-order valence-electron chi connectivity index (χ3n) is 5.55. The van der Waals surface area contributed by atoms with Crippen LogP contribution in [0.2, 0.25) is 0 Å². The Labute approximate surface area is 157 Å². The zero-order valence-electron chi connectivity index (χ0n) is 15.1. The molecule has 1 aromatic heterocycles. The summed E-state index contributed by atoms with van der Waals surface area (Å²) in [5.74, 6) is 0.637. The van der Waals surface area contributed by atoms with E-state index in [2.05, 4.69) is 6.92 Å². The number of thiophene rings is 1. The van der Waals surface area contributed by atoms with Crippen LogP contribution in [0.25, 0.3) is 6.08 Å². The highest BCUT2D eigenvalue weighted by molar-refractivity contribution is 7.11. The molecule has 1 fully saturated rings. The van der Waals surface area contributed by atoms with Gasteiger partial charge in [-0.3, -0.25) is 4.79 Å². The molecule has 2 aliphatic heterocycles. The molecular weight excluding hydrogens is 346 g/mol. The van der Waals surface area contributed by atoms with Gasteiger partial charge in [0.1, 0.15) is 12.3 Å². The number of allylic oxidation sites excluding steroid dienone is 1. The van der Waals surface area contributed by atoms with Gasteiger partial charge < -0.3 is 14.7 Å². The van der Waals surface area contributed by atoms with Crippen LogP contribution in [0.5, 0.6) is 11.5 Å². The largest absolute Gasteiger partial charge is 0.872 e. The second-order valence-corrected chi connectivity index (χ2v) is 8.26. The van der Waals surface area contributed by atoms with Gasteiger partial charge in [0.25, 0.3) is 0 Å². The lowest BCUT2D eigenvalue weighted by Gasteiger charge is -2.31. The van der Waals surface area contributed by atoms with E-state index in [9.17, 15) is 9.90 Å². The summed E-state index contributed by atoms with van der Waals surface area (Å²) in [4.78, 5) is 15.2. The van der Waals surface area contributed by atoms with E-state index in [0.29, 0.717) is 35.2 Å². The SMILES string of the molecule is Cc1ccsc1/C=C1\Oc2c(ccc([O-])c2C[NH+]2CCCCC2C)C1=O. The summed E-state index contributed by atoms with van der Waals surface area (Å²) < 4.78 is 5.94. The van der Waals surface area contributed by atoms with E-state index in [0.717, 1.165) is 17.0 Å². The number of fused-ring (bicyclic) bond motifs is 1. The summed E-state index contributed by atoms with van der Waals surface area (Å²) in [5, 5.41) is 14.5. The first-order valence-electron chi connectivity index (χ1n) is 9.20. The van der Waals surface area contributed by atoms with Crippen molar-refractivity contribution in [2.45, 2.75) is 45.7 Å². The van der Waals surface area contributed by atoms with Crippen LogP contribution in [0.1, 0.15) is 52.5 Å². The number of hydrogen-bond acceptors (Lipinski definition) is 4. The minimum Gasteiger partial charge on any atom is -0.872 e. The molecule has 4 nitrogen and oxygen atoms in total. The smallest absolute Gasteiger partial charge is 0.232 e. The summed E-state index contributed by atoms with van der Waals surface area (Å²) in [5.41, 5.74) is 2.28. The number of aryl methyl sites for hydroxylation is 1. The summed E-state index contributed by atoms with van der Waals surface area (Å²) >= 11 is 1.58. The lowest BCUT2D eigenvalue weighted by atomic mass is 10.0. The standard InChI is InChI=1S/C21H23NO3S/c1-13-8-10-26-19(13)11-18-20(24)15-6-7-17(23)16(21(15)25-18)12-22-9-4-3-5-14(22)2/h6-8,10-11,14,23H,3-5,9,12H2,1-2H3/b18-11-. The Kier molecular flexibility index (Phi) is 4.59. The molecule has 2 aromatic rings. The summed E-state index contributed by atoms with van der Waals surface area (Å²) in [6.45, 7) is 5.94. The molecular formula is C21H23NO3S. The summed E-state index contributed by atoms with van der Waals surface area (Å²) in [6.07, 6.45) is 5.42. The normalized spacial score (nSPS) is 23.9. The number of hydrogen-bond donors (Lipinski definition) is 1. The van der Waals surface area contributed by atoms with Crippen molar-refractivity contribution in [2.24, 2.45) is 0 Å². The molecule has 0 amide bonds. The van der Waals surface area contributed by atoms with Crippen molar-refractivity contribution in [3.63, 3.8) is 0 Å². The molecule has 0 aliphatic carbocycles. The Hall–Kier alpha value is -2.11. The van der Waals surface area contributed by atoms with Crippen LogP contribution in [-0.2, 0) is 6.54 Å². The van der Waals surface area contributed by atoms with Crippen molar-refractivity contribution in [2.75, 3.05) is 6.54 Å². The number of piperidine rings is 1. The molecule has 4 rings (SSSR count). The number of carbonyl (C=O) groups excluding carboxylic acids is 1. The van der Waals surface area contributed by atoms with E-state index in [4.69, 9.17) is 4.74 Å². The predicted molar refractivity (Wildman–Crippen MR) is 101 cm³/mol. The van der Waals surface area contributed by atoms with E-state index in [1.54, 1.807) is 23.5 Å². The molecule has 2 unspecified atom stereocenters. The van der Waals surface area contributed by atoms with Crippen molar-refractivity contribution in [3.05, 3.63) is 50.9 Å². The molecule has 1 N–H and O–H groups in total. The Bertz CT molecular complexity index is 883. The molecule has 5 heteroatoms. The van der Waals surface area contributed by atoms with Crippen LogP contribution in [0.15, 0.2) is 29.3 Å². The molecule has 26 heavy (non-hydrogen) atoms. The average Bonchev–Trinajstić information content (AvgIpc) is 3.16. The number of benzene rings is 1. The minimum atomic E-state index is -0.129. The van der Waals surface area contributed by atoms with Gasteiger partial charge in [0.05, 0.1) is 18.2 Å². The van der Waals surface area contributed by atoms with Crippen LogP contribution in [-0.4, -0.2) is 18.4 Å². The van der Waals surface area contributed by atoms with E-state index in [1.165, 1.54) is 30.2 Å². The zero-order valence-corrected chi connectivity index (χ0v) is 15.9. The molecule has 0 bridgehead atoms. The highest BCUT2D eigenvalue weighted by atomic mass is 32.1. The van der Waals surface area contributed by atoms with E-state index < -0.39 is 0 Å². The number of carbonyl (C=O) groups is 1. The third kappa shape index (κ3) is 3.06. The van der Waals surface area contributed by atoms with Gasteiger partial charge in [-0.1, -0.05) is 11.8 Å². The molecule has 0 saturated carbocycles. The van der Waals surface area contributed by atoms with Gasteiger partial charge in [0.15, 0.2) is 5.76 Å². The number of nitrogens with one attached hydrogen (secondary N) is 1. The van der Waals surface area contributed by atoms with E-state index in [-0.39, 0.29) is 11.5 Å². The fourth-order valence-electron chi connectivity index (χ4n) is 3.85.